The lowest BCUT2D eigenvalue weighted by atomic mass is 10.0. The summed E-state index contributed by atoms with van der Waals surface area (Å²) in [7, 11) is 0. The van der Waals surface area contributed by atoms with Crippen molar-refractivity contribution in [3.05, 3.63) is 97.8 Å². The van der Waals surface area contributed by atoms with Crippen LogP contribution in [0.4, 0.5) is 0 Å². The van der Waals surface area contributed by atoms with Gasteiger partial charge in [-0.05, 0) is 35.4 Å². The van der Waals surface area contributed by atoms with E-state index in [2.05, 4.69) is 0 Å². The molecule has 7 heteroatoms. The maximum absolute atomic E-state index is 12.5. The molecule has 0 bridgehead atoms. The molecule has 0 fully saturated rings. The van der Waals surface area contributed by atoms with Crippen LogP contribution in [0.25, 0.3) is 22.1 Å². The third-order valence-corrected chi connectivity index (χ3v) is 5.08. The molecule has 0 atom stereocenters. The number of esters is 1. The van der Waals surface area contributed by atoms with Crippen molar-refractivity contribution in [3.8, 4) is 16.9 Å². The van der Waals surface area contributed by atoms with E-state index in [1.807, 2.05) is 30.3 Å². The lowest BCUT2D eigenvalue weighted by Crippen LogP contribution is -2.09. The zero-order valence-corrected chi connectivity index (χ0v) is 16.9. The van der Waals surface area contributed by atoms with Gasteiger partial charge in [0.05, 0.1) is 15.6 Å². The quantitative estimate of drug-likeness (QED) is 0.201. The zero-order valence-electron chi connectivity index (χ0n) is 14.6. The SMILES string of the molecule is O=C(Oc1cc2oc(=O)cc(-c3ccccc3)c2cc1Cl)c1ccc(Cl)cc1Cl. The predicted molar refractivity (Wildman–Crippen MR) is 114 cm³/mol. The Morgan fingerprint density at radius 1 is 0.862 bits per heavy atom. The summed E-state index contributed by atoms with van der Waals surface area (Å²) in [5.41, 5.74) is 1.34. The smallest absolute Gasteiger partial charge is 0.345 e. The molecule has 1 aromatic heterocycles. The molecule has 4 rings (SSSR count). The van der Waals surface area contributed by atoms with Gasteiger partial charge in [0.1, 0.15) is 5.58 Å². The zero-order chi connectivity index (χ0) is 20.5. The van der Waals surface area contributed by atoms with Crippen LogP contribution in [-0.2, 0) is 0 Å². The largest absolute Gasteiger partial charge is 0.423 e. The first-order chi connectivity index (χ1) is 13.9. The van der Waals surface area contributed by atoms with Crippen molar-refractivity contribution in [2.45, 2.75) is 0 Å². The third-order valence-electron chi connectivity index (χ3n) is 4.24. The first-order valence-corrected chi connectivity index (χ1v) is 9.56. The Morgan fingerprint density at radius 3 is 2.34 bits per heavy atom. The monoisotopic (exact) mass is 444 g/mol. The molecule has 0 N–H and O–H groups in total. The summed E-state index contributed by atoms with van der Waals surface area (Å²) in [6.45, 7) is 0. The van der Waals surface area contributed by atoms with Gasteiger partial charge in [0.2, 0.25) is 0 Å². The maximum atomic E-state index is 12.5. The average Bonchev–Trinajstić information content (AvgIpc) is 2.69. The maximum Gasteiger partial charge on any atom is 0.345 e. The number of halogens is 3. The van der Waals surface area contributed by atoms with Gasteiger partial charge in [-0.1, -0.05) is 65.1 Å². The summed E-state index contributed by atoms with van der Waals surface area (Å²) in [5.74, 6) is -0.668. The number of fused-ring (bicyclic) bond motifs is 1. The molecule has 0 aliphatic rings. The summed E-state index contributed by atoms with van der Waals surface area (Å²) >= 11 is 18.3. The van der Waals surface area contributed by atoms with E-state index in [9.17, 15) is 9.59 Å². The van der Waals surface area contributed by atoms with Crippen molar-refractivity contribution < 1.29 is 13.9 Å². The van der Waals surface area contributed by atoms with Crippen LogP contribution in [0.1, 0.15) is 10.4 Å². The molecule has 0 amide bonds. The van der Waals surface area contributed by atoms with Crippen molar-refractivity contribution in [2.24, 2.45) is 0 Å². The van der Waals surface area contributed by atoms with Crippen molar-refractivity contribution in [3.63, 3.8) is 0 Å². The molecule has 0 unspecified atom stereocenters. The first-order valence-electron chi connectivity index (χ1n) is 8.42. The molecular weight excluding hydrogens is 435 g/mol. The van der Waals surface area contributed by atoms with E-state index in [4.69, 9.17) is 44.0 Å². The second-order valence-electron chi connectivity index (χ2n) is 6.14. The molecule has 0 radical (unpaired) electrons. The highest BCUT2D eigenvalue weighted by Crippen LogP contribution is 2.35. The summed E-state index contributed by atoms with van der Waals surface area (Å²) in [4.78, 5) is 24.5. The highest BCUT2D eigenvalue weighted by atomic mass is 35.5. The minimum absolute atomic E-state index is 0.0449. The number of hydrogen-bond acceptors (Lipinski definition) is 4. The van der Waals surface area contributed by atoms with Gasteiger partial charge in [-0.25, -0.2) is 9.59 Å². The Labute approximate surface area is 180 Å². The summed E-state index contributed by atoms with van der Waals surface area (Å²) in [6.07, 6.45) is 0. The molecule has 0 aliphatic heterocycles. The fourth-order valence-corrected chi connectivity index (χ4v) is 3.60. The fraction of sp³-hybridized carbons (Fsp3) is 0. The molecule has 29 heavy (non-hydrogen) atoms. The Kier molecular flexibility index (Phi) is 5.33. The predicted octanol–water partition coefficient (Wildman–Crippen LogP) is 6.64. The Balaban J connectivity index is 1.78. The molecule has 0 saturated heterocycles. The third kappa shape index (κ3) is 4.01. The first kappa shape index (κ1) is 19.5. The van der Waals surface area contributed by atoms with E-state index in [1.165, 1.54) is 30.3 Å². The lowest BCUT2D eigenvalue weighted by molar-refractivity contribution is 0.0735. The molecule has 3 aromatic carbocycles. The molecule has 0 saturated carbocycles. The van der Waals surface area contributed by atoms with Crippen LogP contribution >= 0.6 is 34.8 Å². The van der Waals surface area contributed by atoms with Crippen LogP contribution in [-0.4, -0.2) is 5.97 Å². The number of hydrogen-bond donors (Lipinski definition) is 0. The number of rotatable bonds is 3. The van der Waals surface area contributed by atoms with Crippen molar-refractivity contribution in [1.29, 1.82) is 0 Å². The van der Waals surface area contributed by atoms with Gasteiger partial charge >= 0.3 is 11.6 Å². The molecule has 0 aliphatic carbocycles. The summed E-state index contributed by atoms with van der Waals surface area (Å²) < 4.78 is 10.7. The molecule has 0 spiro atoms. The minimum Gasteiger partial charge on any atom is -0.423 e. The van der Waals surface area contributed by atoms with E-state index in [0.29, 0.717) is 16.0 Å². The van der Waals surface area contributed by atoms with Gasteiger partial charge in [-0.15, -0.1) is 0 Å². The number of ether oxygens (including phenoxy) is 1. The molecule has 4 nitrogen and oxygen atoms in total. The van der Waals surface area contributed by atoms with Crippen LogP contribution in [0.15, 0.2) is 75.9 Å². The van der Waals surface area contributed by atoms with Gasteiger partial charge in [-0.3, -0.25) is 0 Å². The molecule has 1 heterocycles. The van der Waals surface area contributed by atoms with Gasteiger partial charge < -0.3 is 9.15 Å². The highest BCUT2D eigenvalue weighted by molar-refractivity contribution is 6.36. The Morgan fingerprint density at radius 2 is 1.62 bits per heavy atom. The lowest BCUT2D eigenvalue weighted by Gasteiger charge is -2.11. The Bertz CT molecular complexity index is 1300. The van der Waals surface area contributed by atoms with Crippen LogP contribution in [0.5, 0.6) is 5.75 Å². The van der Waals surface area contributed by atoms with Crippen molar-refractivity contribution >= 4 is 51.7 Å². The van der Waals surface area contributed by atoms with Crippen LogP contribution < -0.4 is 10.4 Å². The van der Waals surface area contributed by atoms with E-state index >= 15 is 0 Å². The number of carbonyl (C=O) groups excluding carboxylic acids is 1. The van der Waals surface area contributed by atoms with Gasteiger partial charge in [0, 0.05) is 22.5 Å². The normalized spacial score (nSPS) is 10.9. The van der Waals surface area contributed by atoms with E-state index in [1.54, 1.807) is 6.07 Å². The van der Waals surface area contributed by atoms with Gasteiger partial charge in [0.15, 0.2) is 5.75 Å². The molecule has 144 valence electrons. The number of carbonyl (C=O) groups is 1. The second kappa shape index (κ2) is 7.91. The van der Waals surface area contributed by atoms with Gasteiger partial charge in [0.25, 0.3) is 0 Å². The van der Waals surface area contributed by atoms with E-state index in [-0.39, 0.29) is 26.9 Å². The number of benzene rings is 3. The van der Waals surface area contributed by atoms with Crippen LogP contribution in [0, 0.1) is 0 Å². The van der Waals surface area contributed by atoms with Crippen LogP contribution in [0.2, 0.25) is 15.1 Å². The Hall–Kier alpha value is -2.79. The minimum atomic E-state index is -0.713. The highest BCUT2D eigenvalue weighted by Gasteiger charge is 2.17. The molecule has 4 aromatic rings. The standard InChI is InChI=1S/C22H11Cl3O4/c23-13-6-7-14(17(24)8-13)22(27)29-20-11-19-16(9-18(20)25)15(10-21(26)28-19)12-4-2-1-3-5-12/h1-11H. The second-order valence-corrected chi connectivity index (χ2v) is 7.39. The molecular formula is C22H11Cl3O4. The fourth-order valence-electron chi connectivity index (χ4n) is 2.91. The topological polar surface area (TPSA) is 56.5 Å². The average molecular weight is 446 g/mol. The van der Waals surface area contributed by atoms with Crippen molar-refractivity contribution in [1.82, 2.24) is 0 Å². The van der Waals surface area contributed by atoms with E-state index < -0.39 is 11.6 Å². The van der Waals surface area contributed by atoms with E-state index in [0.717, 1.165) is 5.56 Å². The summed E-state index contributed by atoms with van der Waals surface area (Å²) in [6, 6.07) is 18.2. The summed E-state index contributed by atoms with van der Waals surface area (Å²) in [5, 5.41) is 1.34. The van der Waals surface area contributed by atoms with Gasteiger partial charge in [-0.2, -0.15) is 0 Å². The van der Waals surface area contributed by atoms with Crippen molar-refractivity contribution in [2.75, 3.05) is 0 Å². The van der Waals surface area contributed by atoms with Crippen LogP contribution in [0.3, 0.4) is 0 Å².